The zero-order chi connectivity index (χ0) is 11.5. The lowest BCUT2D eigenvalue weighted by Gasteiger charge is -2.03. The minimum Gasteiger partial charge on any atom is -0.459 e. The molecule has 3 nitrogen and oxygen atoms in total. The van der Waals surface area contributed by atoms with E-state index in [-0.39, 0.29) is 0 Å². The van der Waals surface area contributed by atoms with Gasteiger partial charge in [-0.15, -0.1) is 11.3 Å². The Morgan fingerprint density at radius 2 is 2.31 bits per heavy atom. The van der Waals surface area contributed by atoms with E-state index in [4.69, 9.17) is 10.2 Å². The van der Waals surface area contributed by atoms with Gasteiger partial charge >= 0.3 is 0 Å². The van der Waals surface area contributed by atoms with Crippen molar-refractivity contribution in [1.82, 2.24) is 4.98 Å². The fraction of sp³-hybridized carbons (Fsp3) is 0.417. The predicted octanol–water partition coefficient (Wildman–Crippen LogP) is 2.85. The van der Waals surface area contributed by atoms with Gasteiger partial charge in [-0.1, -0.05) is 6.92 Å². The maximum Gasteiger partial charge on any atom is 0.162 e. The molecule has 0 aliphatic heterocycles. The summed E-state index contributed by atoms with van der Waals surface area (Å²) < 4.78 is 5.54. The topological polar surface area (TPSA) is 52.0 Å². The van der Waals surface area contributed by atoms with Gasteiger partial charge in [0.05, 0.1) is 5.69 Å². The van der Waals surface area contributed by atoms with Gasteiger partial charge < -0.3 is 10.2 Å². The van der Waals surface area contributed by atoms with Crippen LogP contribution in [-0.4, -0.2) is 11.5 Å². The van der Waals surface area contributed by atoms with E-state index >= 15 is 0 Å². The van der Waals surface area contributed by atoms with E-state index in [1.54, 1.807) is 11.3 Å². The van der Waals surface area contributed by atoms with Gasteiger partial charge in [0.15, 0.2) is 10.8 Å². The summed E-state index contributed by atoms with van der Waals surface area (Å²) in [6, 6.07) is 3.92. The molecular weight excluding hydrogens is 220 g/mol. The first-order valence-electron chi connectivity index (χ1n) is 5.40. The molecule has 0 aliphatic rings. The number of aryl methyl sites for hydroxylation is 1. The van der Waals surface area contributed by atoms with E-state index in [1.165, 1.54) is 0 Å². The van der Waals surface area contributed by atoms with Crippen LogP contribution in [0.25, 0.3) is 10.8 Å². The second-order valence-corrected chi connectivity index (χ2v) is 4.96. The molecule has 2 aromatic rings. The number of nitrogens with zero attached hydrogens (tertiary/aromatic N) is 1. The van der Waals surface area contributed by atoms with Crippen molar-refractivity contribution < 1.29 is 4.42 Å². The molecule has 4 heteroatoms. The van der Waals surface area contributed by atoms with Gasteiger partial charge in [-0.2, -0.15) is 0 Å². The second-order valence-electron chi connectivity index (χ2n) is 4.10. The number of hydrogen-bond donors (Lipinski definition) is 1. The first kappa shape index (κ1) is 11.4. The van der Waals surface area contributed by atoms with Gasteiger partial charge in [-0.3, -0.25) is 0 Å². The van der Waals surface area contributed by atoms with Crippen LogP contribution in [0.5, 0.6) is 0 Å². The summed E-state index contributed by atoms with van der Waals surface area (Å²) in [6.07, 6.45) is 0.937. The number of furan rings is 1. The third-order valence-electron chi connectivity index (χ3n) is 2.46. The summed E-state index contributed by atoms with van der Waals surface area (Å²) in [6.45, 7) is 4.78. The van der Waals surface area contributed by atoms with E-state index < -0.39 is 0 Å². The summed E-state index contributed by atoms with van der Waals surface area (Å²) in [4.78, 5) is 4.55. The molecule has 1 atom stereocenters. The van der Waals surface area contributed by atoms with Gasteiger partial charge in [0, 0.05) is 5.38 Å². The van der Waals surface area contributed by atoms with Gasteiger partial charge in [0.1, 0.15) is 5.76 Å². The van der Waals surface area contributed by atoms with Crippen molar-refractivity contribution in [3.63, 3.8) is 0 Å². The van der Waals surface area contributed by atoms with Crippen LogP contribution in [0.1, 0.15) is 18.4 Å². The van der Waals surface area contributed by atoms with Crippen LogP contribution >= 0.6 is 11.3 Å². The van der Waals surface area contributed by atoms with Crippen LogP contribution in [0.15, 0.2) is 21.9 Å². The van der Waals surface area contributed by atoms with Crippen LogP contribution < -0.4 is 5.73 Å². The van der Waals surface area contributed by atoms with Gasteiger partial charge in [0.25, 0.3) is 0 Å². The molecule has 1 unspecified atom stereocenters. The number of rotatable bonds is 4. The molecule has 0 spiro atoms. The lowest BCUT2D eigenvalue weighted by molar-refractivity contribution is 0.547. The Balaban J connectivity index is 2.13. The highest BCUT2D eigenvalue weighted by Crippen LogP contribution is 2.26. The molecule has 2 rings (SSSR count). The zero-order valence-electron chi connectivity index (χ0n) is 9.56. The molecule has 16 heavy (non-hydrogen) atoms. The first-order chi connectivity index (χ1) is 7.69. The van der Waals surface area contributed by atoms with Crippen molar-refractivity contribution in [2.45, 2.75) is 20.3 Å². The molecule has 0 aliphatic carbocycles. The van der Waals surface area contributed by atoms with E-state index in [0.29, 0.717) is 12.5 Å². The molecule has 0 fully saturated rings. The van der Waals surface area contributed by atoms with Gasteiger partial charge in [-0.25, -0.2) is 4.98 Å². The molecular formula is C12H16N2OS. The van der Waals surface area contributed by atoms with Gasteiger partial charge in [-0.05, 0) is 37.9 Å². The lowest BCUT2D eigenvalue weighted by atomic mass is 10.1. The highest BCUT2D eigenvalue weighted by molar-refractivity contribution is 7.13. The highest BCUT2D eigenvalue weighted by Gasteiger charge is 2.10. The minimum atomic E-state index is 0.480. The average Bonchev–Trinajstić information content (AvgIpc) is 2.87. The Bertz CT molecular complexity index is 461. The summed E-state index contributed by atoms with van der Waals surface area (Å²) in [7, 11) is 0. The smallest absolute Gasteiger partial charge is 0.162 e. The molecule has 2 aromatic heterocycles. The van der Waals surface area contributed by atoms with Crippen LogP contribution in [0.3, 0.4) is 0 Å². The number of hydrogen-bond acceptors (Lipinski definition) is 4. The Kier molecular flexibility index (Phi) is 3.41. The van der Waals surface area contributed by atoms with Crippen molar-refractivity contribution >= 4 is 11.3 Å². The number of nitrogens with two attached hydrogens (primary N) is 1. The Labute approximate surface area is 99.3 Å². The molecule has 2 N–H and O–H groups in total. The normalized spacial score (nSPS) is 12.9. The molecule has 0 bridgehead atoms. The Morgan fingerprint density at radius 1 is 1.50 bits per heavy atom. The van der Waals surface area contributed by atoms with Crippen LogP contribution in [-0.2, 0) is 6.42 Å². The van der Waals surface area contributed by atoms with Crippen LogP contribution in [0.4, 0.5) is 0 Å². The number of aromatic nitrogens is 1. The molecule has 0 saturated carbocycles. The van der Waals surface area contributed by atoms with Gasteiger partial charge in [0.2, 0.25) is 0 Å². The second kappa shape index (κ2) is 4.80. The fourth-order valence-electron chi connectivity index (χ4n) is 1.50. The largest absolute Gasteiger partial charge is 0.459 e. The molecule has 0 saturated heterocycles. The minimum absolute atomic E-state index is 0.480. The monoisotopic (exact) mass is 236 g/mol. The molecule has 2 heterocycles. The van der Waals surface area contributed by atoms with Crippen molar-refractivity contribution in [3.8, 4) is 10.8 Å². The summed E-state index contributed by atoms with van der Waals surface area (Å²) in [5, 5.41) is 3.03. The third-order valence-corrected chi connectivity index (χ3v) is 3.37. The molecule has 0 radical (unpaired) electrons. The number of thiazole rings is 1. The van der Waals surface area contributed by atoms with E-state index in [9.17, 15) is 0 Å². The van der Waals surface area contributed by atoms with Crippen molar-refractivity contribution in [2.24, 2.45) is 11.7 Å². The summed E-state index contributed by atoms with van der Waals surface area (Å²) in [5.74, 6) is 2.25. The van der Waals surface area contributed by atoms with Crippen molar-refractivity contribution in [1.29, 1.82) is 0 Å². The van der Waals surface area contributed by atoms with E-state index in [2.05, 4.69) is 17.3 Å². The fourth-order valence-corrected chi connectivity index (χ4v) is 2.30. The molecule has 0 amide bonds. The first-order valence-corrected chi connectivity index (χ1v) is 6.28. The SMILES string of the molecule is Cc1ccc(-c2nc(CC(C)CN)cs2)o1. The summed E-state index contributed by atoms with van der Waals surface area (Å²) >= 11 is 1.62. The third kappa shape index (κ3) is 2.51. The lowest BCUT2D eigenvalue weighted by Crippen LogP contribution is -2.13. The molecule has 86 valence electrons. The Hall–Kier alpha value is -1.13. The summed E-state index contributed by atoms with van der Waals surface area (Å²) in [5.41, 5.74) is 6.70. The van der Waals surface area contributed by atoms with Crippen LogP contribution in [0.2, 0.25) is 0 Å². The maximum absolute atomic E-state index is 5.60. The maximum atomic E-state index is 5.60. The predicted molar refractivity (Wildman–Crippen MR) is 66.5 cm³/mol. The van der Waals surface area contributed by atoms with Crippen LogP contribution in [0, 0.1) is 12.8 Å². The van der Waals surface area contributed by atoms with E-state index in [0.717, 1.165) is 28.6 Å². The zero-order valence-corrected chi connectivity index (χ0v) is 10.4. The van der Waals surface area contributed by atoms with E-state index in [1.807, 2.05) is 19.1 Å². The quantitative estimate of drug-likeness (QED) is 0.888. The van der Waals surface area contributed by atoms with Crippen molar-refractivity contribution in [3.05, 3.63) is 29.0 Å². The molecule has 0 aromatic carbocycles. The van der Waals surface area contributed by atoms with Crippen molar-refractivity contribution in [2.75, 3.05) is 6.54 Å². The average molecular weight is 236 g/mol. The standard InChI is InChI=1S/C12H16N2OS/c1-8(6-13)5-10-7-16-12(14-10)11-4-3-9(2)15-11/h3-4,7-8H,5-6,13H2,1-2H3. The highest BCUT2D eigenvalue weighted by atomic mass is 32.1. The Morgan fingerprint density at radius 3 is 2.94 bits per heavy atom.